The van der Waals surface area contributed by atoms with Gasteiger partial charge in [-0.1, -0.05) is 18.2 Å². The highest BCUT2D eigenvalue weighted by Gasteiger charge is 2.12. The molecule has 0 bridgehead atoms. The highest BCUT2D eigenvalue weighted by atomic mass is 19.3. The summed E-state index contributed by atoms with van der Waals surface area (Å²) in [6.07, 6.45) is 0. The number of halogens is 2. The van der Waals surface area contributed by atoms with Crippen LogP contribution in [0.2, 0.25) is 0 Å². The summed E-state index contributed by atoms with van der Waals surface area (Å²) in [5.41, 5.74) is 0.967. The van der Waals surface area contributed by atoms with E-state index in [0.717, 1.165) is 0 Å². The van der Waals surface area contributed by atoms with Crippen LogP contribution >= 0.6 is 0 Å². The number of amides is 1. The average molecular weight is 362 g/mol. The number of alkyl halides is 2. The van der Waals surface area contributed by atoms with Crippen molar-refractivity contribution in [2.24, 2.45) is 0 Å². The van der Waals surface area contributed by atoms with Gasteiger partial charge in [0.25, 0.3) is 5.91 Å². The Labute approximate surface area is 148 Å². The number of hydrogen-bond acceptors (Lipinski definition) is 5. The first-order chi connectivity index (χ1) is 12.5. The molecule has 2 aromatic rings. The Morgan fingerprint density at radius 2 is 1.96 bits per heavy atom. The van der Waals surface area contributed by atoms with Gasteiger partial charge in [0.05, 0.1) is 12.7 Å². The molecule has 2 rings (SSSR count). The van der Waals surface area contributed by atoms with Gasteiger partial charge < -0.3 is 19.5 Å². The summed E-state index contributed by atoms with van der Waals surface area (Å²) < 4.78 is 39.3. The topological polar surface area (TPSA) is 80.6 Å². The van der Waals surface area contributed by atoms with Crippen molar-refractivity contribution < 1.29 is 27.8 Å². The van der Waals surface area contributed by atoms with Crippen molar-refractivity contribution in [1.82, 2.24) is 5.32 Å². The van der Waals surface area contributed by atoms with E-state index < -0.39 is 12.5 Å². The van der Waals surface area contributed by atoms with Gasteiger partial charge in [-0.3, -0.25) is 4.79 Å². The molecule has 0 aliphatic rings. The minimum Gasteiger partial charge on any atom is -0.493 e. The van der Waals surface area contributed by atoms with E-state index in [9.17, 15) is 13.6 Å². The zero-order valence-electron chi connectivity index (χ0n) is 13.9. The molecule has 1 N–H and O–H groups in total. The van der Waals surface area contributed by atoms with Crippen LogP contribution in [-0.4, -0.2) is 26.2 Å². The summed E-state index contributed by atoms with van der Waals surface area (Å²) >= 11 is 0. The number of hydrogen-bond donors (Lipinski definition) is 1. The van der Waals surface area contributed by atoms with Gasteiger partial charge in [0.15, 0.2) is 18.1 Å². The predicted octanol–water partition coefficient (Wildman–Crippen LogP) is 2.86. The van der Waals surface area contributed by atoms with E-state index >= 15 is 0 Å². The summed E-state index contributed by atoms with van der Waals surface area (Å²) in [5, 5.41) is 11.6. The lowest BCUT2D eigenvalue weighted by molar-refractivity contribution is -0.123. The molecule has 136 valence electrons. The van der Waals surface area contributed by atoms with Crippen LogP contribution in [0.15, 0.2) is 42.5 Å². The minimum atomic E-state index is -2.96. The van der Waals surface area contributed by atoms with Crippen molar-refractivity contribution in [3.8, 4) is 23.3 Å². The molecule has 0 spiro atoms. The molecule has 0 atom stereocenters. The van der Waals surface area contributed by atoms with Crippen LogP contribution in [0.5, 0.6) is 17.2 Å². The number of nitriles is 1. The Balaban J connectivity index is 1.90. The van der Waals surface area contributed by atoms with Gasteiger partial charge >= 0.3 is 6.61 Å². The summed E-state index contributed by atoms with van der Waals surface area (Å²) in [6, 6.07) is 12.9. The van der Waals surface area contributed by atoms with Crippen LogP contribution in [0.4, 0.5) is 8.78 Å². The van der Waals surface area contributed by atoms with Gasteiger partial charge in [0.2, 0.25) is 0 Å². The van der Waals surface area contributed by atoms with E-state index in [1.54, 1.807) is 24.3 Å². The molecular weight excluding hydrogens is 346 g/mol. The van der Waals surface area contributed by atoms with Crippen LogP contribution in [0.25, 0.3) is 0 Å². The van der Waals surface area contributed by atoms with E-state index in [2.05, 4.69) is 10.1 Å². The fourth-order valence-corrected chi connectivity index (χ4v) is 2.10. The molecule has 0 aromatic heterocycles. The van der Waals surface area contributed by atoms with Crippen molar-refractivity contribution in [3.63, 3.8) is 0 Å². The SMILES string of the molecule is COc1cc(CNC(=O)COc2ccccc2C#N)ccc1OC(F)F. The van der Waals surface area contributed by atoms with Crippen LogP contribution in [0.3, 0.4) is 0 Å². The number of carbonyl (C=O) groups excluding carboxylic acids is 1. The third kappa shape index (κ3) is 5.34. The van der Waals surface area contributed by atoms with Gasteiger partial charge in [-0.2, -0.15) is 14.0 Å². The van der Waals surface area contributed by atoms with Crippen LogP contribution < -0.4 is 19.5 Å². The van der Waals surface area contributed by atoms with Crippen LogP contribution in [0, 0.1) is 11.3 Å². The van der Waals surface area contributed by atoms with Gasteiger partial charge in [-0.15, -0.1) is 0 Å². The van der Waals surface area contributed by atoms with E-state index in [-0.39, 0.29) is 24.7 Å². The van der Waals surface area contributed by atoms with E-state index in [1.165, 1.54) is 25.3 Å². The van der Waals surface area contributed by atoms with Gasteiger partial charge in [0.1, 0.15) is 11.8 Å². The molecule has 0 saturated carbocycles. The van der Waals surface area contributed by atoms with Gasteiger partial charge in [0, 0.05) is 6.54 Å². The zero-order chi connectivity index (χ0) is 18.9. The number of para-hydroxylation sites is 1. The molecule has 6 nitrogen and oxygen atoms in total. The fraction of sp³-hybridized carbons (Fsp3) is 0.222. The quantitative estimate of drug-likeness (QED) is 0.781. The Morgan fingerprint density at radius 1 is 1.19 bits per heavy atom. The zero-order valence-corrected chi connectivity index (χ0v) is 13.9. The number of nitrogens with one attached hydrogen (secondary N) is 1. The third-order valence-electron chi connectivity index (χ3n) is 3.30. The van der Waals surface area contributed by atoms with Crippen molar-refractivity contribution in [3.05, 3.63) is 53.6 Å². The van der Waals surface area contributed by atoms with Crippen molar-refractivity contribution in [2.45, 2.75) is 13.2 Å². The lowest BCUT2D eigenvalue weighted by Crippen LogP contribution is -2.28. The monoisotopic (exact) mass is 362 g/mol. The molecule has 1 amide bonds. The summed E-state index contributed by atoms with van der Waals surface area (Å²) in [5.74, 6) is -0.0322. The van der Waals surface area contributed by atoms with Crippen LogP contribution in [0.1, 0.15) is 11.1 Å². The lowest BCUT2D eigenvalue weighted by atomic mass is 10.2. The molecule has 26 heavy (non-hydrogen) atoms. The second-order valence-corrected chi connectivity index (χ2v) is 5.04. The van der Waals surface area contributed by atoms with E-state index in [1.807, 2.05) is 6.07 Å². The van der Waals surface area contributed by atoms with Gasteiger partial charge in [-0.25, -0.2) is 0 Å². The number of methoxy groups -OCH3 is 1. The molecular formula is C18H16F2N2O4. The predicted molar refractivity (Wildman–Crippen MR) is 88.1 cm³/mol. The Hall–Kier alpha value is -3.34. The maximum atomic E-state index is 12.3. The Morgan fingerprint density at radius 3 is 2.65 bits per heavy atom. The molecule has 0 aliphatic carbocycles. The smallest absolute Gasteiger partial charge is 0.387 e. The molecule has 2 aromatic carbocycles. The number of ether oxygens (including phenoxy) is 3. The first-order valence-corrected chi connectivity index (χ1v) is 7.54. The molecule has 0 heterocycles. The van der Waals surface area contributed by atoms with E-state index in [0.29, 0.717) is 16.9 Å². The summed E-state index contributed by atoms with van der Waals surface area (Å²) in [4.78, 5) is 11.9. The molecule has 0 fully saturated rings. The number of benzene rings is 2. The summed E-state index contributed by atoms with van der Waals surface area (Å²) in [7, 11) is 1.33. The van der Waals surface area contributed by atoms with E-state index in [4.69, 9.17) is 14.7 Å². The molecule has 0 unspecified atom stereocenters. The van der Waals surface area contributed by atoms with Gasteiger partial charge in [-0.05, 0) is 29.8 Å². The molecule has 0 radical (unpaired) electrons. The first kappa shape index (κ1) is 19.0. The Kier molecular flexibility index (Phi) is 6.74. The lowest BCUT2D eigenvalue weighted by Gasteiger charge is -2.12. The van der Waals surface area contributed by atoms with Crippen molar-refractivity contribution in [2.75, 3.05) is 13.7 Å². The second kappa shape index (κ2) is 9.22. The fourth-order valence-electron chi connectivity index (χ4n) is 2.10. The standard InChI is InChI=1S/C18H16F2N2O4/c1-24-16-8-12(6-7-15(16)26-18(19)20)10-22-17(23)11-25-14-5-3-2-4-13(14)9-21/h2-8,18H,10-11H2,1H3,(H,22,23). The first-order valence-electron chi connectivity index (χ1n) is 7.54. The maximum Gasteiger partial charge on any atom is 0.387 e. The molecule has 0 aliphatic heterocycles. The second-order valence-electron chi connectivity index (χ2n) is 5.04. The average Bonchev–Trinajstić information content (AvgIpc) is 2.65. The number of carbonyl (C=O) groups is 1. The third-order valence-corrected chi connectivity index (χ3v) is 3.30. The maximum absolute atomic E-state index is 12.3. The van der Waals surface area contributed by atoms with Crippen molar-refractivity contribution in [1.29, 1.82) is 5.26 Å². The normalized spacial score (nSPS) is 10.1. The highest BCUT2D eigenvalue weighted by molar-refractivity contribution is 5.77. The Bertz CT molecular complexity index is 806. The summed E-state index contributed by atoms with van der Waals surface area (Å²) in [6.45, 7) is -3.07. The molecule has 8 heteroatoms. The number of rotatable bonds is 8. The van der Waals surface area contributed by atoms with Crippen molar-refractivity contribution >= 4 is 5.91 Å². The number of nitrogens with zero attached hydrogens (tertiary/aromatic N) is 1. The highest BCUT2D eigenvalue weighted by Crippen LogP contribution is 2.29. The largest absolute Gasteiger partial charge is 0.493 e. The van der Waals surface area contributed by atoms with Crippen LogP contribution in [-0.2, 0) is 11.3 Å². The molecule has 0 saturated heterocycles. The minimum absolute atomic E-state index is 0.0889.